The maximum absolute atomic E-state index is 5.37. The lowest BCUT2D eigenvalue weighted by molar-refractivity contribution is 0.431. The molecule has 0 spiro atoms. The Kier molecular flexibility index (Phi) is 2.93. The van der Waals surface area contributed by atoms with Gasteiger partial charge in [-0.05, 0) is 24.3 Å². The average Bonchev–Trinajstić information content (AvgIpc) is 3.40. The normalized spacial score (nSPS) is 11.2. The first-order valence-electron chi connectivity index (χ1n) is 7.62. The standard InChI is InChI=1S/C17H11N7O/c1-2-5-12(6-3-1)24-11-14(20-22-24)17-19-15(21-25-17)13-7-4-9-23-10-8-18-16(13)23/h1-11H. The van der Waals surface area contributed by atoms with Crippen molar-refractivity contribution in [1.82, 2.24) is 34.5 Å². The molecular formula is C17H11N7O. The van der Waals surface area contributed by atoms with Gasteiger partial charge in [-0.1, -0.05) is 28.6 Å². The highest BCUT2D eigenvalue weighted by molar-refractivity contribution is 5.73. The van der Waals surface area contributed by atoms with Gasteiger partial charge in [0.15, 0.2) is 5.69 Å². The third-order valence-corrected chi connectivity index (χ3v) is 3.82. The van der Waals surface area contributed by atoms with Crippen LogP contribution in [0.3, 0.4) is 0 Å². The van der Waals surface area contributed by atoms with E-state index in [1.54, 1.807) is 17.1 Å². The molecule has 0 aliphatic rings. The van der Waals surface area contributed by atoms with Crippen LogP contribution in [-0.2, 0) is 0 Å². The van der Waals surface area contributed by atoms with Crippen molar-refractivity contribution < 1.29 is 4.52 Å². The number of benzene rings is 1. The molecule has 0 bridgehead atoms. The van der Waals surface area contributed by atoms with Crippen molar-refractivity contribution >= 4 is 5.65 Å². The van der Waals surface area contributed by atoms with Crippen LogP contribution in [0.4, 0.5) is 0 Å². The summed E-state index contributed by atoms with van der Waals surface area (Å²) in [7, 11) is 0. The van der Waals surface area contributed by atoms with Crippen molar-refractivity contribution in [1.29, 1.82) is 0 Å². The van der Waals surface area contributed by atoms with Gasteiger partial charge in [-0.25, -0.2) is 9.67 Å². The molecule has 8 nitrogen and oxygen atoms in total. The molecule has 1 aromatic carbocycles. The van der Waals surface area contributed by atoms with E-state index < -0.39 is 0 Å². The smallest absolute Gasteiger partial charge is 0.280 e. The first-order chi connectivity index (χ1) is 12.4. The topological polar surface area (TPSA) is 86.9 Å². The Bertz CT molecular complexity index is 1160. The number of pyridine rings is 1. The van der Waals surface area contributed by atoms with Gasteiger partial charge >= 0.3 is 0 Å². The first-order valence-corrected chi connectivity index (χ1v) is 7.62. The van der Waals surface area contributed by atoms with E-state index in [1.807, 2.05) is 59.3 Å². The summed E-state index contributed by atoms with van der Waals surface area (Å²) < 4.78 is 8.93. The summed E-state index contributed by atoms with van der Waals surface area (Å²) in [6.07, 6.45) is 7.26. The average molecular weight is 329 g/mol. The maximum Gasteiger partial charge on any atom is 0.280 e. The Morgan fingerprint density at radius 3 is 2.80 bits per heavy atom. The number of rotatable bonds is 3. The van der Waals surface area contributed by atoms with Gasteiger partial charge in [-0.15, -0.1) is 5.10 Å². The van der Waals surface area contributed by atoms with E-state index in [1.165, 1.54) is 0 Å². The molecule has 0 aliphatic heterocycles. The van der Waals surface area contributed by atoms with Crippen LogP contribution < -0.4 is 0 Å². The van der Waals surface area contributed by atoms with Gasteiger partial charge in [-0.3, -0.25) is 0 Å². The monoisotopic (exact) mass is 329 g/mol. The van der Waals surface area contributed by atoms with E-state index in [9.17, 15) is 0 Å². The van der Waals surface area contributed by atoms with Crippen molar-refractivity contribution in [2.45, 2.75) is 0 Å². The fraction of sp³-hybridized carbons (Fsp3) is 0. The molecule has 0 atom stereocenters. The van der Waals surface area contributed by atoms with Crippen LogP contribution in [0.2, 0.25) is 0 Å². The second-order valence-electron chi connectivity index (χ2n) is 5.39. The fourth-order valence-electron chi connectivity index (χ4n) is 2.63. The molecule has 0 radical (unpaired) electrons. The molecule has 0 fully saturated rings. The number of nitrogens with zero attached hydrogens (tertiary/aromatic N) is 7. The molecule has 8 heteroatoms. The van der Waals surface area contributed by atoms with Crippen LogP contribution in [0.1, 0.15) is 0 Å². The minimum atomic E-state index is 0.311. The van der Waals surface area contributed by atoms with Crippen molar-refractivity contribution in [3.05, 3.63) is 67.3 Å². The number of imidazole rings is 1. The van der Waals surface area contributed by atoms with Crippen LogP contribution in [-0.4, -0.2) is 34.5 Å². The molecule has 0 unspecified atom stereocenters. The van der Waals surface area contributed by atoms with Crippen LogP contribution in [0.5, 0.6) is 0 Å². The molecule has 5 aromatic rings. The maximum atomic E-state index is 5.37. The lowest BCUT2D eigenvalue weighted by atomic mass is 10.2. The Hall–Kier alpha value is -3.81. The van der Waals surface area contributed by atoms with Crippen molar-refractivity contribution in [3.8, 4) is 28.7 Å². The zero-order valence-corrected chi connectivity index (χ0v) is 12.9. The van der Waals surface area contributed by atoms with Crippen LogP contribution >= 0.6 is 0 Å². The summed E-state index contributed by atoms with van der Waals surface area (Å²) in [5.41, 5.74) is 2.97. The Morgan fingerprint density at radius 1 is 0.960 bits per heavy atom. The van der Waals surface area contributed by atoms with Gasteiger partial charge in [0, 0.05) is 18.6 Å². The summed E-state index contributed by atoms with van der Waals surface area (Å²) in [5, 5.41) is 12.3. The van der Waals surface area contributed by atoms with Gasteiger partial charge in [0.1, 0.15) is 5.65 Å². The molecule has 0 amide bonds. The fourth-order valence-corrected chi connectivity index (χ4v) is 2.63. The van der Waals surface area contributed by atoms with Crippen molar-refractivity contribution in [2.24, 2.45) is 0 Å². The van der Waals surface area contributed by atoms with Gasteiger partial charge < -0.3 is 8.92 Å². The number of hydrogen-bond acceptors (Lipinski definition) is 6. The predicted molar refractivity (Wildman–Crippen MR) is 88.8 cm³/mol. The number of hydrogen-bond donors (Lipinski definition) is 0. The molecule has 25 heavy (non-hydrogen) atoms. The summed E-state index contributed by atoms with van der Waals surface area (Å²) in [5.74, 6) is 0.770. The third kappa shape index (κ3) is 2.27. The summed E-state index contributed by atoms with van der Waals surface area (Å²) in [6, 6.07) is 13.5. The number of para-hydroxylation sites is 1. The van der Waals surface area contributed by atoms with E-state index >= 15 is 0 Å². The molecule has 0 saturated carbocycles. The van der Waals surface area contributed by atoms with E-state index in [2.05, 4.69) is 25.4 Å². The quantitative estimate of drug-likeness (QED) is 0.506. The van der Waals surface area contributed by atoms with Gasteiger partial charge in [0.25, 0.3) is 5.89 Å². The third-order valence-electron chi connectivity index (χ3n) is 3.82. The summed E-state index contributed by atoms with van der Waals surface area (Å²) in [4.78, 5) is 8.77. The second-order valence-corrected chi connectivity index (χ2v) is 5.39. The highest BCUT2D eigenvalue weighted by Gasteiger charge is 2.16. The van der Waals surface area contributed by atoms with Gasteiger partial charge in [0.05, 0.1) is 17.4 Å². The number of fused-ring (bicyclic) bond motifs is 1. The molecule has 120 valence electrons. The van der Waals surface area contributed by atoms with Crippen LogP contribution in [0.15, 0.2) is 71.8 Å². The molecule has 0 saturated heterocycles. The highest BCUT2D eigenvalue weighted by atomic mass is 16.5. The molecule has 4 aromatic heterocycles. The van der Waals surface area contributed by atoms with Gasteiger partial charge in [-0.2, -0.15) is 4.98 Å². The van der Waals surface area contributed by atoms with E-state index in [4.69, 9.17) is 4.52 Å². The van der Waals surface area contributed by atoms with E-state index in [0.717, 1.165) is 16.9 Å². The zero-order chi connectivity index (χ0) is 16.6. The Labute approximate surface area is 141 Å². The molecule has 5 rings (SSSR count). The Balaban J connectivity index is 1.53. The molecular weight excluding hydrogens is 318 g/mol. The summed E-state index contributed by atoms with van der Waals surface area (Å²) >= 11 is 0. The number of aromatic nitrogens is 7. The lowest BCUT2D eigenvalue weighted by Gasteiger charge is -1.97. The largest absolute Gasteiger partial charge is 0.332 e. The van der Waals surface area contributed by atoms with Crippen LogP contribution in [0.25, 0.3) is 34.3 Å². The molecule has 0 N–H and O–H groups in total. The molecule has 4 heterocycles. The van der Waals surface area contributed by atoms with Crippen molar-refractivity contribution in [3.63, 3.8) is 0 Å². The zero-order valence-electron chi connectivity index (χ0n) is 12.9. The second kappa shape index (κ2) is 5.38. The van der Waals surface area contributed by atoms with Gasteiger partial charge in [0.2, 0.25) is 5.82 Å². The predicted octanol–water partition coefficient (Wildman–Crippen LogP) is 2.63. The summed E-state index contributed by atoms with van der Waals surface area (Å²) in [6.45, 7) is 0. The van der Waals surface area contributed by atoms with E-state index in [0.29, 0.717) is 17.4 Å². The lowest BCUT2D eigenvalue weighted by Crippen LogP contribution is -1.93. The van der Waals surface area contributed by atoms with E-state index in [-0.39, 0.29) is 0 Å². The minimum Gasteiger partial charge on any atom is -0.332 e. The molecule has 0 aliphatic carbocycles. The highest BCUT2D eigenvalue weighted by Crippen LogP contribution is 2.23. The van der Waals surface area contributed by atoms with Crippen LogP contribution in [0, 0.1) is 0 Å². The SMILES string of the molecule is c1ccc(-n2cc(-c3nc(-c4cccn5ccnc45)no3)nn2)cc1. The minimum absolute atomic E-state index is 0.311. The first kappa shape index (κ1) is 13.6. The Morgan fingerprint density at radius 2 is 1.88 bits per heavy atom. The van der Waals surface area contributed by atoms with Crippen molar-refractivity contribution in [2.75, 3.05) is 0 Å².